The van der Waals surface area contributed by atoms with Gasteiger partial charge in [0.05, 0.1) is 18.3 Å². The van der Waals surface area contributed by atoms with E-state index in [1.165, 1.54) is 19.3 Å². The number of esters is 1. The van der Waals surface area contributed by atoms with E-state index in [-0.39, 0.29) is 5.56 Å². The summed E-state index contributed by atoms with van der Waals surface area (Å²) in [5, 5.41) is 4.69. The van der Waals surface area contributed by atoms with Gasteiger partial charge < -0.3 is 10.5 Å². The minimum Gasteiger partial charge on any atom is -0.449 e. The summed E-state index contributed by atoms with van der Waals surface area (Å²) >= 11 is 6.06. The van der Waals surface area contributed by atoms with Gasteiger partial charge in [0.25, 0.3) is 5.91 Å². The maximum absolute atomic E-state index is 11.8. The smallest absolute Gasteiger partial charge is 0.342 e. The van der Waals surface area contributed by atoms with Gasteiger partial charge in [-0.1, -0.05) is 29.8 Å². The van der Waals surface area contributed by atoms with Crippen LogP contribution in [0.4, 0.5) is 0 Å². The molecule has 0 radical (unpaired) electrons. The van der Waals surface area contributed by atoms with Crippen LogP contribution in [-0.4, -0.2) is 27.8 Å². The third kappa shape index (κ3) is 3.82. The predicted molar refractivity (Wildman–Crippen MR) is 76.9 cm³/mol. The first kappa shape index (κ1) is 15.1. The third-order valence-electron chi connectivity index (χ3n) is 2.84. The average Bonchev–Trinajstić information content (AvgIpc) is 2.90. The molecule has 0 aliphatic rings. The number of nitrogens with two attached hydrogens (primary N) is 1. The molecule has 0 aliphatic carbocycles. The molecule has 1 aromatic carbocycles. The van der Waals surface area contributed by atoms with E-state index in [1.807, 2.05) is 18.2 Å². The zero-order valence-electron chi connectivity index (χ0n) is 11.3. The molecule has 0 saturated heterocycles. The van der Waals surface area contributed by atoms with E-state index >= 15 is 0 Å². The van der Waals surface area contributed by atoms with Gasteiger partial charge in [0.2, 0.25) is 0 Å². The molecule has 1 amide bonds. The number of ether oxygens (including phenoxy) is 1. The lowest BCUT2D eigenvalue weighted by atomic mass is 10.2. The van der Waals surface area contributed by atoms with Crippen molar-refractivity contribution < 1.29 is 14.3 Å². The molecule has 0 unspecified atom stereocenters. The highest BCUT2D eigenvalue weighted by Crippen LogP contribution is 2.16. The Balaban J connectivity index is 2.06. The van der Waals surface area contributed by atoms with Crippen LogP contribution >= 0.6 is 11.6 Å². The maximum Gasteiger partial charge on any atom is 0.342 e. The fourth-order valence-corrected chi connectivity index (χ4v) is 1.84. The molecule has 2 rings (SSSR count). The molecule has 7 heteroatoms. The monoisotopic (exact) mass is 307 g/mol. The largest absolute Gasteiger partial charge is 0.449 e. The van der Waals surface area contributed by atoms with Gasteiger partial charge in [0.15, 0.2) is 6.10 Å². The molecule has 1 aromatic heterocycles. The van der Waals surface area contributed by atoms with Gasteiger partial charge in [0, 0.05) is 11.2 Å². The van der Waals surface area contributed by atoms with Crippen LogP contribution in [0.15, 0.2) is 36.7 Å². The maximum atomic E-state index is 11.8. The second-order valence-corrected chi connectivity index (χ2v) is 4.88. The van der Waals surface area contributed by atoms with E-state index in [4.69, 9.17) is 22.1 Å². The van der Waals surface area contributed by atoms with Gasteiger partial charge in [-0.25, -0.2) is 4.79 Å². The molecule has 0 aliphatic heterocycles. The van der Waals surface area contributed by atoms with Crippen LogP contribution in [-0.2, 0) is 16.1 Å². The van der Waals surface area contributed by atoms with Gasteiger partial charge in [-0.15, -0.1) is 0 Å². The summed E-state index contributed by atoms with van der Waals surface area (Å²) in [5.74, 6) is -1.35. The van der Waals surface area contributed by atoms with E-state index in [0.29, 0.717) is 11.6 Å². The van der Waals surface area contributed by atoms with Crippen LogP contribution in [0.1, 0.15) is 22.8 Å². The number of amides is 1. The summed E-state index contributed by atoms with van der Waals surface area (Å²) < 4.78 is 6.45. The van der Waals surface area contributed by atoms with Crippen molar-refractivity contribution in [1.82, 2.24) is 9.78 Å². The summed E-state index contributed by atoms with van der Waals surface area (Å²) in [5.41, 5.74) is 6.16. The summed E-state index contributed by atoms with van der Waals surface area (Å²) in [7, 11) is 0. The molecule has 2 N–H and O–H groups in total. The van der Waals surface area contributed by atoms with Crippen molar-refractivity contribution >= 4 is 23.5 Å². The van der Waals surface area contributed by atoms with Crippen LogP contribution in [0, 0.1) is 0 Å². The van der Waals surface area contributed by atoms with Crippen LogP contribution in [0.3, 0.4) is 0 Å². The van der Waals surface area contributed by atoms with Crippen molar-refractivity contribution in [3.8, 4) is 0 Å². The summed E-state index contributed by atoms with van der Waals surface area (Å²) in [4.78, 5) is 22.6. The van der Waals surface area contributed by atoms with E-state index in [9.17, 15) is 9.59 Å². The lowest BCUT2D eigenvalue weighted by molar-refractivity contribution is -0.125. The topological polar surface area (TPSA) is 87.2 Å². The van der Waals surface area contributed by atoms with Crippen LogP contribution in [0.2, 0.25) is 5.02 Å². The Morgan fingerprint density at radius 2 is 2.14 bits per heavy atom. The number of benzene rings is 1. The SMILES string of the molecule is C[C@H](OC(=O)c1cnn(Cc2ccccc2Cl)c1)C(N)=O. The Labute approximate surface area is 126 Å². The molecule has 21 heavy (non-hydrogen) atoms. The Kier molecular flexibility index (Phi) is 4.59. The third-order valence-corrected chi connectivity index (χ3v) is 3.21. The number of rotatable bonds is 5. The molecule has 2 aromatic rings. The zero-order valence-corrected chi connectivity index (χ0v) is 12.1. The Hall–Kier alpha value is -2.34. The fraction of sp³-hybridized carbons (Fsp3) is 0.214. The molecule has 6 nitrogen and oxygen atoms in total. The summed E-state index contributed by atoms with van der Waals surface area (Å²) in [6.07, 6.45) is 1.91. The molecule has 0 fully saturated rings. The Morgan fingerprint density at radius 1 is 1.43 bits per heavy atom. The molecule has 110 valence electrons. The molecule has 0 saturated carbocycles. The van der Waals surface area contributed by atoms with Crippen molar-refractivity contribution in [3.05, 3.63) is 52.8 Å². The van der Waals surface area contributed by atoms with E-state index in [2.05, 4.69) is 5.10 Å². The second kappa shape index (κ2) is 6.41. The number of hydrogen-bond acceptors (Lipinski definition) is 4. The van der Waals surface area contributed by atoms with Crippen molar-refractivity contribution in [2.45, 2.75) is 19.6 Å². The van der Waals surface area contributed by atoms with Crippen LogP contribution < -0.4 is 5.73 Å². The Morgan fingerprint density at radius 3 is 2.81 bits per heavy atom. The number of hydrogen-bond donors (Lipinski definition) is 1. The molecule has 0 bridgehead atoms. The van der Waals surface area contributed by atoms with Crippen LogP contribution in [0.25, 0.3) is 0 Å². The van der Waals surface area contributed by atoms with Crippen molar-refractivity contribution in [2.75, 3.05) is 0 Å². The number of nitrogens with zero attached hydrogens (tertiary/aromatic N) is 2. The van der Waals surface area contributed by atoms with E-state index < -0.39 is 18.0 Å². The highest BCUT2D eigenvalue weighted by molar-refractivity contribution is 6.31. The molecule has 1 heterocycles. The average molecular weight is 308 g/mol. The van der Waals surface area contributed by atoms with Crippen molar-refractivity contribution in [3.63, 3.8) is 0 Å². The van der Waals surface area contributed by atoms with Gasteiger partial charge in [-0.2, -0.15) is 5.10 Å². The predicted octanol–water partition coefficient (Wildman–Crippen LogP) is 1.62. The normalized spacial score (nSPS) is 11.9. The quantitative estimate of drug-likeness (QED) is 0.850. The first-order chi connectivity index (χ1) is 9.97. The lowest BCUT2D eigenvalue weighted by Crippen LogP contribution is -2.30. The lowest BCUT2D eigenvalue weighted by Gasteiger charge is -2.07. The number of aromatic nitrogens is 2. The van der Waals surface area contributed by atoms with E-state index in [0.717, 1.165) is 5.56 Å². The van der Waals surface area contributed by atoms with Crippen molar-refractivity contribution in [1.29, 1.82) is 0 Å². The number of primary amides is 1. The van der Waals surface area contributed by atoms with Gasteiger partial charge >= 0.3 is 5.97 Å². The molecule has 0 spiro atoms. The molecular formula is C14H14ClN3O3. The highest BCUT2D eigenvalue weighted by atomic mass is 35.5. The first-order valence-electron chi connectivity index (χ1n) is 6.23. The zero-order chi connectivity index (χ0) is 15.4. The fourth-order valence-electron chi connectivity index (χ4n) is 1.64. The summed E-state index contributed by atoms with van der Waals surface area (Å²) in [6, 6.07) is 7.36. The number of carbonyl (C=O) groups excluding carboxylic acids is 2. The minimum atomic E-state index is -0.982. The van der Waals surface area contributed by atoms with Crippen LogP contribution in [0.5, 0.6) is 0 Å². The van der Waals surface area contributed by atoms with Gasteiger partial charge in [-0.3, -0.25) is 9.48 Å². The standard InChI is InChI=1S/C14H14ClN3O3/c1-9(13(16)19)21-14(20)11-6-17-18(8-11)7-10-4-2-3-5-12(10)15/h2-6,8-9H,7H2,1H3,(H2,16,19)/t9-/m0/s1. The van der Waals surface area contributed by atoms with E-state index in [1.54, 1.807) is 10.7 Å². The second-order valence-electron chi connectivity index (χ2n) is 4.47. The molecular weight excluding hydrogens is 294 g/mol. The van der Waals surface area contributed by atoms with Gasteiger partial charge in [0.1, 0.15) is 0 Å². The van der Waals surface area contributed by atoms with Crippen molar-refractivity contribution in [2.24, 2.45) is 5.73 Å². The number of halogens is 1. The highest BCUT2D eigenvalue weighted by Gasteiger charge is 2.17. The number of carbonyl (C=O) groups is 2. The molecule has 1 atom stereocenters. The minimum absolute atomic E-state index is 0.246. The summed E-state index contributed by atoms with van der Waals surface area (Å²) in [6.45, 7) is 1.84. The first-order valence-corrected chi connectivity index (χ1v) is 6.61. The van der Waals surface area contributed by atoms with Gasteiger partial charge in [-0.05, 0) is 18.6 Å². The Bertz CT molecular complexity index is 669.